The van der Waals surface area contributed by atoms with E-state index in [1.54, 1.807) is 0 Å². The zero-order valence-electron chi connectivity index (χ0n) is 10.6. The van der Waals surface area contributed by atoms with E-state index in [2.05, 4.69) is 17.0 Å². The van der Waals surface area contributed by atoms with Gasteiger partial charge in [0, 0.05) is 18.8 Å². The van der Waals surface area contributed by atoms with Crippen LogP contribution in [0.1, 0.15) is 37.7 Å². The monoisotopic (exact) mass is 245 g/mol. The molecule has 3 heteroatoms. The Morgan fingerprint density at radius 2 is 1.67 bits per heavy atom. The summed E-state index contributed by atoms with van der Waals surface area (Å²) in [5, 5.41) is 9.41. The van der Waals surface area contributed by atoms with Gasteiger partial charge < -0.3 is 10.0 Å². The number of carboxylic acid groups (broad SMARTS) is 1. The van der Waals surface area contributed by atoms with Crippen LogP contribution in [0.5, 0.6) is 0 Å². The van der Waals surface area contributed by atoms with E-state index in [9.17, 15) is 9.90 Å². The first-order valence-corrected chi connectivity index (χ1v) is 6.81. The van der Waals surface area contributed by atoms with Crippen LogP contribution < -0.4 is 4.90 Å². The highest BCUT2D eigenvalue weighted by Crippen LogP contribution is 2.44. The smallest absolute Gasteiger partial charge is 0.314 e. The molecule has 2 fully saturated rings. The molecule has 0 atom stereocenters. The fourth-order valence-electron chi connectivity index (χ4n) is 3.12. The fourth-order valence-corrected chi connectivity index (χ4v) is 3.12. The van der Waals surface area contributed by atoms with Crippen molar-refractivity contribution in [2.24, 2.45) is 0 Å². The summed E-state index contributed by atoms with van der Waals surface area (Å²) in [7, 11) is 0. The summed E-state index contributed by atoms with van der Waals surface area (Å²) in [6, 6.07) is 8.20. The zero-order chi connectivity index (χ0) is 12.6. The number of hydrogen-bond donors (Lipinski definition) is 1. The summed E-state index contributed by atoms with van der Waals surface area (Å²) in [4.78, 5) is 13.8. The minimum Gasteiger partial charge on any atom is -0.481 e. The number of anilines is 1. The summed E-state index contributed by atoms with van der Waals surface area (Å²) in [5.74, 6) is -0.664. The second-order valence-electron chi connectivity index (χ2n) is 5.48. The SMILES string of the molecule is O=C(O)C1(c2ccc(N3CCCC3)cc2)CCC1. The van der Waals surface area contributed by atoms with Crippen molar-refractivity contribution in [2.75, 3.05) is 18.0 Å². The summed E-state index contributed by atoms with van der Waals surface area (Å²) < 4.78 is 0. The van der Waals surface area contributed by atoms with E-state index in [0.717, 1.165) is 37.9 Å². The number of carboxylic acids is 1. The fraction of sp³-hybridized carbons (Fsp3) is 0.533. The van der Waals surface area contributed by atoms with Gasteiger partial charge in [-0.2, -0.15) is 0 Å². The molecule has 0 radical (unpaired) electrons. The minimum atomic E-state index is -0.664. The Labute approximate surface area is 107 Å². The van der Waals surface area contributed by atoms with E-state index in [0.29, 0.717) is 0 Å². The molecule has 0 amide bonds. The summed E-state index contributed by atoms with van der Waals surface area (Å²) in [5.41, 5.74) is 1.61. The lowest BCUT2D eigenvalue weighted by atomic mass is 9.64. The van der Waals surface area contributed by atoms with Crippen molar-refractivity contribution in [3.63, 3.8) is 0 Å². The Hall–Kier alpha value is -1.51. The van der Waals surface area contributed by atoms with E-state index in [1.807, 2.05) is 12.1 Å². The van der Waals surface area contributed by atoms with Crippen molar-refractivity contribution in [1.82, 2.24) is 0 Å². The number of nitrogens with zero attached hydrogens (tertiary/aromatic N) is 1. The molecule has 96 valence electrons. The predicted molar refractivity (Wildman–Crippen MR) is 71.1 cm³/mol. The van der Waals surface area contributed by atoms with E-state index in [4.69, 9.17) is 0 Å². The van der Waals surface area contributed by atoms with Crippen LogP contribution in [0.4, 0.5) is 5.69 Å². The van der Waals surface area contributed by atoms with Gasteiger partial charge in [0.1, 0.15) is 0 Å². The molecular formula is C15H19NO2. The summed E-state index contributed by atoms with van der Waals surface area (Å²) >= 11 is 0. The molecule has 3 rings (SSSR count). The lowest BCUT2D eigenvalue weighted by molar-refractivity contribution is -0.147. The molecule has 1 aliphatic heterocycles. The van der Waals surface area contributed by atoms with Crippen molar-refractivity contribution in [3.05, 3.63) is 29.8 Å². The van der Waals surface area contributed by atoms with Crippen LogP contribution in [-0.4, -0.2) is 24.2 Å². The molecule has 1 N–H and O–H groups in total. The molecule has 0 aromatic heterocycles. The second kappa shape index (κ2) is 4.30. The van der Waals surface area contributed by atoms with Gasteiger partial charge in [-0.05, 0) is 43.4 Å². The number of carbonyl (C=O) groups is 1. The number of hydrogen-bond acceptors (Lipinski definition) is 2. The second-order valence-corrected chi connectivity index (χ2v) is 5.48. The molecule has 1 aliphatic carbocycles. The van der Waals surface area contributed by atoms with Gasteiger partial charge in [-0.1, -0.05) is 18.6 Å². The topological polar surface area (TPSA) is 40.5 Å². The van der Waals surface area contributed by atoms with Gasteiger partial charge in [0.2, 0.25) is 0 Å². The molecule has 0 spiro atoms. The van der Waals surface area contributed by atoms with E-state index < -0.39 is 11.4 Å². The zero-order valence-corrected chi connectivity index (χ0v) is 10.6. The molecule has 0 bridgehead atoms. The van der Waals surface area contributed by atoms with Crippen LogP contribution in [0.25, 0.3) is 0 Å². The predicted octanol–water partition coefficient (Wildman–Crippen LogP) is 2.79. The largest absolute Gasteiger partial charge is 0.481 e. The first-order chi connectivity index (χ1) is 8.72. The van der Waals surface area contributed by atoms with E-state index >= 15 is 0 Å². The molecule has 1 aromatic carbocycles. The maximum Gasteiger partial charge on any atom is 0.314 e. The summed E-state index contributed by atoms with van der Waals surface area (Å²) in [6.07, 6.45) is 5.12. The van der Waals surface area contributed by atoms with Crippen molar-refractivity contribution in [3.8, 4) is 0 Å². The van der Waals surface area contributed by atoms with Crippen LogP contribution in [-0.2, 0) is 10.2 Å². The highest BCUT2D eigenvalue weighted by Gasteiger charge is 2.45. The lowest BCUT2D eigenvalue weighted by Gasteiger charge is -2.38. The van der Waals surface area contributed by atoms with Crippen LogP contribution in [0.15, 0.2) is 24.3 Å². The molecular weight excluding hydrogens is 226 g/mol. The van der Waals surface area contributed by atoms with Crippen molar-refractivity contribution >= 4 is 11.7 Å². The van der Waals surface area contributed by atoms with Crippen LogP contribution in [0.3, 0.4) is 0 Å². The Kier molecular flexibility index (Phi) is 2.77. The van der Waals surface area contributed by atoms with E-state index in [-0.39, 0.29) is 0 Å². The maximum atomic E-state index is 11.4. The maximum absolute atomic E-state index is 11.4. The molecule has 0 unspecified atom stereocenters. The standard InChI is InChI=1S/C15H19NO2/c17-14(18)15(8-3-9-15)12-4-6-13(7-5-12)16-10-1-2-11-16/h4-7H,1-3,8-11H2,(H,17,18). The average Bonchev–Trinajstić information content (AvgIpc) is 2.81. The number of rotatable bonds is 3. The molecule has 2 aliphatic rings. The summed E-state index contributed by atoms with van der Waals surface area (Å²) in [6.45, 7) is 2.26. The third kappa shape index (κ3) is 1.69. The number of benzene rings is 1. The van der Waals surface area contributed by atoms with Gasteiger partial charge in [-0.15, -0.1) is 0 Å². The van der Waals surface area contributed by atoms with Gasteiger partial charge in [0.25, 0.3) is 0 Å². The Morgan fingerprint density at radius 3 is 2.11 bits per heavy atom. The normalized spacial score (nSPS) is 21.7. The van der Waals surface area contributed by atoms with Crippen molar-refractivity contribution in [2.45, 2.75) is 37.5 Å². The van der Waals surface area contributed by atoms with Gasteiger partial charge in [0.05, 0.1) is 5.41 Å². The lowest BCUT2D eigenvalue weighted by Crippen LogP contribution is -2.42. The first-order valence-electron chi connectivity index (χ1n) is 6.81. The highest BCUT2D eigenvalue weighted by atomic mass is 16.4. The van der Waals surface area contributed by atoms with Gasteiger partial charge in [0.15, 0.2) is 0 Å². The van der Waals surface area contributed by atoms with Crippen molar-refractivity contribution in [1.29, 1.82) is 0 Å². The molecule has 1 heterocycles. The molecule has 1 saturated heterocycles. The Bertz CT molecular complexity index is 442. The van der Waals surface area contributed by atoms with Crippen LogP contribution >= 0.6 is 0 Å². The molecule has 18 heavy (non-hydrogen) atoms. The van der Waals surface area contributed by atoms with Gasteiger partial charge in [-0.3, -0.25) is 4.79 Å². The molecule has 1 aromatic rings. The first kappa shape index (κ1) is 11.6. The average molecular weight is 245 g/mol. The molecule has 3 nitrogen and oxygen atoms in total. The van der Waals surface area contributed by atoms with Crippen LogP contribution in [0.2, 0.25) is 0 Å². The van der Waals surface area contributed by atoms with Crippen molar-refractivity contribution < 1.29 is 9.90 Å². The molecule has 1 saturated carbocycles. The Morgan fingerprint density at radius 1 is 1.06 bits per heavy atom. The number of aliphatic carboxylic acids is 1. The highest BCUT2D eigenvalue weighted by molar-refractivity contribution is 5.82. The van der Waals surface area contributed by atoms with Gasteiger partial charge in [-0.25, -0.2) is 0 Å². The third-order valence-electron chi connectivity index (χ3n) is 4.51. The van der Waals surface area contributed by atoms with Crippen LogP contribution in [0, 0.1) is 0 Å². The third-order valence-corrected chi connectivity index (χ3v) is 4.51. The minimum absolute atomic E-state index is 0.594. The van der Waals surface area contributed by atoms with Gasteiger partial charge >= 0.3 is 5.97 Å². The Balaban J connectivity index is 1.84. The van der Waals surface area contributed by atoms with E-state index in [1.165, 1.54) is 18.5 Å². The quantitative estimate of drug-likeness (QED) is 0.890.